The largest absolute Gasteiger partial charge is 0.391 e. The summed E-state index contributed by atoms with van der Waals surface area (Å²) in [6.45, 7) is 7.63. The maximum absolute atomic E-state index is 9.70. The van der Waals surface area contributed by atoms with Crippen LogP contribution in [0.2, 0.25) is 0 Å². The Kier molecular flexibility index (Phi) is 3.53. The second-order valence-corrected chi connectivity index (χ2v) is 3.99. The van der Waals surface area contributed by atoms with Gasteiger partial charge < -0.3 is 5.11 Å². The third-order valence-corrected chi connectivity index (χ3v) is 2.90. The first-order chi connectivity index (χ1) is 5.66. The van der Waals surface area contributed by atoms with Crippen LogP contribution in [0.5, 0.6) is 0 Å². The second-order valence-electron chi connectivity index (χ2n) is 3.99. The van der Waals surface area contributed by atoms with Crippen molar-refractivity contribution in [2.24, 2.45) is 0 Å². The van der Waals surface area contributed by atoms with Crippen molar-refractivity contribution in [2.45, 2.75) is 58.2 Å². The average molecular weight is 171 g/mol. The summed E-state index contributed by atoms with van der Waals surface area (Å²) < 4.78 is 0. The minimum atomic E-state index is -0.0765. The van der Waals surface area contributed by atoms with E-state index >= 15 is 0 Å². The van der Waals surface area contributed by atoms with E-state index < -0.39 is 0 Å². The van der Waals surface area contributed by atoms with E-state index in [4.69, 9.17) is 0 Å². The Morgan fingerprint density at radius 3 is 2.42 bits per heavy atom. The molecule has 1 fully saturated rings. The van der Waals surface area contributed by atoms with Crippen molar-refractivity contribution >= 4 is 0 Å². The molecular weight excluding hydrogens is 150 g/mol. The summed E-state index contributed by atoms with van der Waals surface area (Å²) in [6.07, 6.45) is 3.28. The fraction of sp³-hybridized carbons (Fsp3) is 1.00. The van der Waals surface area contributed by atoms with E-state index in [1.807, 2.05) is 0 Å². The van der Waals surface area contributed by atoms with Crippen molar-refractivity contribution in [3.05, 3.63) is 0 Å². The Morgan fingerprint density at radius 1 is 1.42 bits per heavy atom. The first kappa shape index (κ1) is 10.0. The van der Waals surface area contributed by atoms with E-state index in [1.54, 1.807) is 0 Å². The van der Waals surface area contributed by atoms with Gasteiger partial charge in [-0.1, -0.05) is 6.92 Å². The Bertz CT molecular complexity index is 136. The van der Waals surface area contributed by atoms with Gasteiger partial charge >= 0.3 is 0 Å². The van der Waals surface area contributed by atoms with Crippen molar-refractivity contribution < 1.29 is 5.11 Å². The first-order valence-corrected chi connectivity index (χ1v) is 5.10. The average Bonchev–Trinajstić information content (AvgIpc) is 2.38. The van der Waals surface area contributed by atoms with Gasteiger partial charge in [0.2, 0.25) is 0 Å². The first-order valence-electron chi connectivity index (χ1n) is 5.10. The molecule has 1 N–H and O–H groups in total. The zero-order valence-electron chi connectivity index (χ0n) is 8.45. The minimum Gasteiger partial charge on any atom is -0.391 e. The molecule has 0 amide bonds. The molecule has 0 spiro atoms. The lowest BCUT2D eigenvalue weighted by atomic mass is 10.1. The fourth-order valence-electron chi connectivity index (χ4n) is 2.29. The normalized spacial score (nSPS) is 30.5. The molecule has 1 saturated carbocycles. The Balaban J connectivity index is 2.52. The van der Waals surface area contributed by atoms with Crippen LogP contribution in [0.15, 0.2) is 0 Å². The highest BCUT2D eigenvalue weighted by Crippen LogP contribution is 2.25. The van der Waals surface area contributed by atoms with E-state index in [9.17, 15) is 5.11 Å². The molecule has 1 aliphatic carbocycles. The van der Waals surface area contributed by atoms with Gasteiger partial charge in [0, 0.05) is 12.1 Å². The molecule has 0 aromatic rings. The van der Waals surface area contributed by atoms with Crippen LogP contribution < -0.4 is 0 Å². The van der Waals surface area contributed by atoms with Crippen LogP contribution in [0.4, 0.5) is 0 Å². The monoisotopic (exact) mass is 171 g/mol. The summed E-state index contributed by atoms with van der Waals surface area (Å²) in [7, 11) is 0. The molecule has 12 heavy (non-hydrogen) atoms. The molecule has 0 heterocycles. The van der Waals surface area contributed by atoms with Gasteiger partial charge in [0.15, 0.2) is 0 Å². The topological polar surface area (TPSA) is 23.5 Å². The second kappa shape index (κ2) is 4.24. The third kappa shape index (κ3) is 1.99. The number of likely N-dealkylation sites (N-methyl/N-ethyl adjacent to an activating group) is 1. The number of hydrogen-bond acceptors (Lipinski definition) is 2. The maximum Gasteiger partial charge on any atom is 0.0695 e. The maximum atomic E-state index is 9.70. The summed E-state index contributed by atoms with van der Waals surface area (Å²) in [4.78, 5) is 2.40. The number of rotatable bonds is 3. The summed E-state index contributed by atoms with van der Waals surface area (Å²) in [5.74, 6) is 0. The minimum absolute atomic E-state index is 0.0765. The van der Waals surface area contributed by atoms with Gasteiger partial charge in [0.1, 0.15) is 0 Å². The molecule has 2 atom stereocenters. The smallest absolute Gasteiger partial charge is 0.0695 e. The molecule has 0 radical (unpaired) electrons. The van der Waals surface area contributed by atoms with Crippen LogP contribution in [-0.4, -0.2) is 34.7 Å². The quantitative estimate of drug-likeness (QED) is 0.697. The Hall–Kier alpha value is -0.0800. The predicted molar refractivity (Wildman–Crippen MR) is 51.2 cm³/mol. The molecule has 1 aliphatic rings. The van der Waals surface area contributed by atoms with Crippen molar-refractivity contribution in [3.8, 4) is 0 Å². The molecule has 0 saturated heterocycles. The molecule has 0 aliphatic heterocycles. The standard InChI is InChI=1S/C10H21NO/c1-4-11(8(2)3)9-6-5-7-10(9)12/h8-10,12H,4-7H2,1-3H3/t9-,10-/m0/s1. The lowest BCUT2D eigenvalue weighted by molar-refractivity contribution is 0.0556. The molecular formula is C10H21NO. The van der Waals surface area contributed by atoms with Crippen LogP contribution in [0.3, 0.4) is 0 Å². The molecule has 0 unspecified atom stereocenters. The van der Waals surface area contributed by atoms with E-state index in [2.05, 4.69) is 25.7 Å². The summed E-state index contributed by atoms with van der Waals surface area (Å²) in [6, 6.07) is 0.989. The molecule has 2 nitrogen and oxygen atoms in total. The van der Waals surface area contributed by atoms with E-state index in [0.29, 0.717) is 12.1 Å². The highest BCUT2D eigenvalue weighted by atomic mass is 16.3. The number of aliphatic hydroxyl groups is 1. The zero-order valence-corrected chi connectivity index (χ0v) is 8.45. The van der Waals surface area contributed by atoms with Crippen molar-refractivity contribution in [1.29, 1.82) is 0 Å². The number of aliphatic hydroxyl groups excluding tert-OH is 1. The van der Waals surface area contributed by atoms with Gasteiger partial charge in [0.25, 0.3) is 0 Å². The summed E-state index contributed by atoms with van der Waals surface area (Å²) in [5.41, 5.74) is 0. The fourth-order valence-corrected chi connectivity index (χ4v) is 2.29. The van der Waals surface area contributed by atoms with Crippen molar-refractivity contribution in [1.82, 2.24) is 4.90 Å². The third-order valence-electron chi connectivity index (χ3n) is 2.90. The van der Waals surface area contributed by atoms with E-state index in [0.717, 1.165) is 13.0 Å². The molecule has 2 heteroatoms. The van der Waals surface area contributed by atoms with E-state index in [1.165, 1.54) is 12.8 Å². The molecule has 72 valence electrons. The van der Waals surface area contributed by atoms with Gasteiger partial charge in [-0.15, -0.1) is 0 Å². The summed E-state index contributed by atoms with van der Waals surface area (Å²) >= 11 is 0. The van der Waals surface area contributed by atoms with Crippen LogP contribution in [0.25, 0.3) is 0 Å². The van der Waals surface area contributed by atoms with Crippen LogP contribution in [0, 0.1) is 0 Å². The molecule has 1 rings (SSSR count). The van der Waals surface area contributed by atoms with Crippen LogP contribution in [0.1, 0.15) is 40.0 Å². The summed E-state index contributed by atoms with van der Waals surface area (Å²) in [5, 5.41) is 9.70. The lowest BCUT2D eigenvalue weighted by Gasteiger charge is -2.33. The highest BCUT2D eigenvalue weighted by Gasteiger charge is 2.30. The van der Waals surface area contributed by atoms with Gasteiger partial charge in [-0.25, -0.2) is 0 Å². The van der Waals surface area contributed by atoms with Crippen LogP contribution >= 0.6 is 0 Å². The van der Waals surface area contributed by atoms with Crippen molar-refractivity contribution in [3.63, 3.8) is 0 Å². The number of hydrogen-bond donors (Lipinski definition) is 1. The zero-order chi connectivity index (χ0) is 9.14. The molecule has 0 bridgehead atoms. The Labute approximate surface area is 75.6 Å². The molecule has 0 aromatic carbocycles. The van der Waals surface area contributed by atoms with Gasteiger partial charge in [0.05, 0.1) is 6.10 Å². The highest BCUT2D eigenvalue weighted by molar-refractivity contribution is 4.85. The van der Waals surface area contributed by atoms with Gasteiger partial charge in [-0.05, 0) is 39.7 Å². The van der Waals surface area contributed by atoms with Gasteiger partial charge in [-0.3, -0.25) is 4.90 Å². The SMILES string of the molecule is CCN(C(C)C)[C@H]1CCC[C@@H]1O. The predicted octanol–water partition coefficient (Wildman–Crippen LogP) is 1.63. The van der Waals surface area contributed by atoms with Gasteiger partial charge in [-0.2, -0.15) is 0 Å². The Morgan fingerprint density at radius 2 is 2.08 bits per heavy atom. The number of nitrogens with zero attached hydrogens (tertiary/aromatic N) is 1. The molecule has 0 aromatic heterocycles. The van der Waals surface area contributed by atoms with Crippen molar-refractivity contribution in [2.75, 3.05) is 6.54 Å². The van der Waals surface area contributed by atoms with Crippen LogP contribution in [-0.2, 0) is 0 Å². The lowest BCUT2D eigenvalue weighted by Crippen LogP contribution is -2.44. The van der Waals surface area contributed by atoms with E-state index in [-0.39, 0.29) is 6.10 Å².